The molecule has 0 unspecified atom stereocenters. The topological polar surface area (TPSA) is 67.3 Å². The van der Waals surface area contributed by atoms with Gasteiger partial charge in [-0.05, 0) is 50.5 Å². The van der Waals surface area contributed by atoms with Gasteiger partial charge in [0.25, 0.3) is 0 Å². The van der Waals surface area contributed by atoms with Gasteiger partial charge < -0.3 is 15.0 Å². The Morgan fingerprint density at radius 2 is 2.16 bits per heavy atom. The highest BCUT2D eigenvalue weighted by Gasteiger charge is 2.32. The van der Waals surface area contributed by atoms with Gasteiger partial charge in [-0.1, -0.05) is 12.1 Å². The van der Waals surface area contributed by atoms with Crippen molar-refractivity contribution < 1.29 is 9.53 Å². The molecule has 0 aliphatic carbocycles. The fourth-order valence-corrected chi connectivity index (χ4v) is 3.03. The Balaban J connectivity index is 1.54. The molecule has 0 radical (unpaired) electrons. The number of amides is 1. The van der Waals surface area contributed by atoms with Gasteiger partial charge in [0.15, 0.2) is 0 Å². The molecule has 1 N–H and O–H groups in total. The number of rotatable bonds is 6. The summed E-state index contributed by atoms with van der Waals surface area (Å²) in [5, 5.41) is 3.05. The zero-order valence-corrected chi connectivity index (χ0v) is 14.7. The molecule has 1 aromatic carbocycles. The van der Waals surface area contributed by atoms with Crippen molar-refractivity contribution in [1.29, 1.82) is 0 Å². The fourth-order valence-electron chi connectivity index (χ4n) is 3.03. The van der Waals surface area contributed by atoms with E-state index in [0.717, 1.165) is 30.7 Å². The van der Waals surface area contributed by atoms with E-state index in [0.29, 0.717) is 12.6 Å². The van der Waals surface area contributed by atoms with Crippen molar-refractivity contribution in [2.24, 2.45) is 0 Å². The second-order valence-electron chi connectivity index (χ2n) is 6.44. The van der Waals surface area contributed by atoms with Crippen LogP contribution in [0.4, 0.5) is 5.95 Å². The second kappa shape index (κ2) is 7.96. The predicted molar refractivity (Wildman–Crippen MR) is 96.7 cm³/mol. The van der Waals surface area contributed by atoms with Gasteiger partial charge in [0, 0.05) is 18.9 Å². The monoisotopic (exact) mass is 340 g/mol. The molecule has 1 saturated heterocycles. The summed E-state index contributed by atoms with van der Waals surface area (Å²) in [6, 6.07) is 9.38. The first-order chi connectivity index (χ1) is 12.1. The molecule has 0 saturated carbocycles. The second-order valence-corrected chi connectivity index (χ2v) is 6.44. The van der Waals surface area contributed by atoms with Crippen molar-refractivity contribution >= 4 is 11.9 Å². The summed E-state index contributed by atoms with van der Waals surface area (Å²) < 4.78 is 5.77. The Hall–Kier alpha value is -2.63. The van der Waals surface area contributed by atoms with Crippen LogP contribution in [0.15, 0.2) is 42.7 Å². The first kappa shape index (κ1) is 17.2. The smallest absolute Gasteiger partial charge is 0.243 e. The lowest BCUT2D eigenvalue weighted by Gasteiger charge is -2.25. The van der Waals surface area contributed by atoms with Crippen LogP contribution in [0, 0.1) is 6.92 Å². The lowest BCUT2D eigenvalue weighted by Crippen LogP contribution is -2.48. The summed E-state index contributed by atoms with van der Waals surface area (Å²) in [6.45, 7) is 5.21. The van der Waals surface area contributed by atoms with Gasteiger partial charge in [-0.3, -0.25) is 4.79 Å². The van der Waals surface area contributed by atoms with E-state index in [-0.39, 0.29) is 18.0 Å². The number of hydrogen-bond acceptors (Lipinski definition) is 5. The SMILES string of the molecule is Cc1cccc(OC[C@H](C)NC(=O)[C@@H]2CCCN2c2ncccn2)c1. The Labute approximate surface area is 148 Å². The van der Waals surface area contributed by atoms with Crippen molar-refractivity contribution in [2.45, 2.75) is 38.8 Å². The summed E-state index contributed by atoms with van der Waals surface area (Å²) in [5.74, 6) is 1.44. The Bertz CT molecular complexity index is 708. The molecule has 2 aromatic rings. The van der Waals surface area contributed by atoms with Gasteiger partial charge >= 0.3 is 0 Å². The maximum atomic E-state index is 12.6. The number of aryl methyl sites for hydroxylation is 1. The minimum absolute atomic E-state index is 0.00490. The van der Waals surface area contributed by atoms with Gasteiger partial charge in [0.05, 0.1) is 6.04 Å². The zero-order chi connectivity index (χ0) is 17.6. The van der Waals surface area contributed by atoms with Crippen molar-refractivity contribution in [1.82, 2.24) is 15.3 Å². The molecule has 1 aromatic heterocycles. The first-order valence-electron chi connectivity index (χ1n) is 8.67. The number of carbonyl (C=O) groups excluding carboxylic acids is 1. The fraction of sp³-hybridized carbons (Fsp3) is 0.421. The summed E-state index contributed by atoms with van der Waals surface area (Å²) in [4.78, 5) is 23.2. The maximum absolute atomic E-state index is 12.6. The molecule has 2 heterocycles. The quantitative estimate of drug-likeness (QED) is 0.874. The molecule has 0 bridgehead atoms. The highest BCUT2D eigenvalue weighted by atomic mass is 16.5. The molecule has 1 amide bonds. The minimum atomic E-state index is -0.219. The molecule has 1 aliphatic rings. The highest BCUT2D eigenvalue weighted by Crippen LogP contribution is 2.22. The maximum Gasteiger partial charge on any atom is 0.243 e. The van der Waals surface area contributed by atoms with Crippen molar-refractivity contribution in [3.8, 4) is 5.75 Å². The van der Waals surface area contributed by atoms with Crippen LogP contribution in [0.25, 0.3) is 0 Å². The predicted octanol–water partition coefficient (Wildman–Crippen LogP) is 2.34. The van der Waals surface area contributed by atoms with Crippen LogP contribution in [-0.2, 0) is 4.79 Å². The van der Waals surface area contributed by atoms with E-state index in [1.54, 1.807) is 18.5 Å². The molecule has 1 aliphatic heterocycles. The Kier molecular flexibility index (Phi) is 5.48. The molecule has 0 spiro atoms. The van der Waals surface area contributed by atoms with Crippen LogP contribution in [0.3, 0.4) is 0 Å². The van der Waals surface area contributed by atoms with Crippen LogP contribution in [0.2, 0.25) is 0 Å². The van der Waals surface area contributed by atoms with Crippen molar-refractivity contribution in [2.75, 3.05) is 18.1 Å². The van der Waals surface area contributed by atoms with E-state index in [2.05, 4.69) is 15.3 Å². The largest absolute Gasteiger partial charge is 0.491 e. The Morgan fingerprint density at radius 3 is 2.92 bits per heavy atom. The van der Waals surface area contributed by atoms with Gasteiger partial charge in [-0.2, -0.15) is 0 Å². The van der Waals surface area contributed by atoms with Gasteiger partial charge in [0.1, 0.15) is 18.4 Å². The van der Waals surface area contributed by atoms with E-state index in [1.165, 1.54) is 0 Å². The third-order valence-corrected chi connectivity index (χ3v) is 4.24. The standard InChI is InChI=1S/C19H24N4O2/c1-14-6-3-7-16(12-14)25-13-15(2)22-18(24)17-8-4-11-23(17)19-20-9-5-10-21-19/h3,5-7,9-10,12,15,17H,4,8,11,13H2,1-2H3,(H,22,24)/t15-,17-/m0/s1. The van der Waals surface area contributed by atoms with Crippen LogP contribution in [-0.4, -0.2) is 41.1 Å². The van der Waals surface area contributed by atoms with Crippen LogP contribution >= 0.6 is 0 Å². The molecule has 6 nitrogen and oxygen atoms in total. The number of hydrogen-bond donors (Lipinski definition) is 1. The van der Waals surface area contributed by atoms with Crippen molar-refractivity contribution in [3.63, 3.8) is 0 Å². The van der Waals surface area contributed by atoms with Gasteiger partial charge in [-0.25, -0.2) is 9.97 Å². The lowest BCUT2D eigenvalue weighted by atomic mass is 10.2. The normalized spacial score (nSPS) is 18.0. The number of ether oxygens (including phenoxy) is 1. The number of benzene rings is 1. The van der Waals surface area contributed by atoms with Crippen LogP contribution < -0.4 is 15.0 Å². The molecule has 25 heavy (non-hydrogen) atoms. The molecule has 132 valence electrons. The van der Waals surface area contributed by atoms with Gasteiger partial charge in [-0.15, -0.1) is 0 Å². The third kappa shape index (κ3) is 4.47. The minimum Gasteiger partial charge on any atom is -0.491 e. The summed E-state index contributed by atoms with van der Waals surface area (Å²) in [5.41, 5.74) is 1.15. The average Bonchev–Trinajstić information content (AvgIpc) is 3.11. The molecule has 6 heteroatoms. The third-order valence-electron chi connectivity index (χ3n) is 4.24. The molecular weight excluding hydrogens is 316 g/mol. The summed E-state index contributed by atoms with van der Waals surface area (Å²) in [6.07, 6.45) is 5.18. The van der Waals surface area contributed by atoms with Crippen LogP contribution in [0.1, 0.15) is 25.3 Å². The van der Waals surface area contributed by atoms with E-state index in [4.69, 9.17) is 4.74 Å². The zero-order valence-electron chi connectivity index (χ0n) is 14.7. The van der Waals surface area contributed by atoms with Gasteiger partial charge in [0.2, 0.25) is 11.9 Å². The number of nitrogens with one attached hydrogen (secondary N) is 1. The number of aromatic nitrogens is 2. The molecule has 3 rings (SSSR count). The van der Waals surface area contributed by atoms with Crippen LogP contribution in [0.5, 0.6) is 5.75 Å². The highest BCUT2D eigenvalue weighted by molar-refractivity contribution is 5.85. The average molecular weight is 340 g/mol. The van der Waals surface area contributed by atoms with E-state index in [9.17, 15) is 4.79 Å². The molecule has 2 atom stereocenters. The van der Waals surface area contributed by atoms with E-state index < -0.39 is 0 Å². The summed E-state index contributed by atoms with van der Waals surface area (Å²) >= 11 is 0. The Morgan fingerprint density at radius 1 is 1.36 bits per heavy atom. The van der Waals surface area contributed by atoms with E-state index >= 15 is 0 Å². The number of carbonyl (C=O) groups is 1. The number of nitrogens with zero attached hydrogens (tertiary/aromatic N) is 3. The number of anilines is 1. The van der Waals surface area contributed by atoms with E-state index in [1.807, 2.05) is 43.0 Å². The molecule has 1 fully saturated rings. The lowest BCUT2D eigenvalue weighted by molar-refractivity contribution is -0.123. The molecular formula is C19H24N4O2. The summed E-state index contributed by atoms with van der Waals surface area (Å²) in [7, 11) is 0. The van der Waals surface area contributed by atoms with Crippen molar-refractivity contribution in [3.05, 3.63) is 48.3 Å². The first-order valence-corrected chi connectivity index (χ1v) is 8.67.